The molecule has 1 amide bonds. The van der Waals surface area contributed by atoms with Gasteiger partial charge in [0.1, 0.15) is 11.5 Å². The first-order chi connectivity index (χ1) is 12.4. The summed E-state index contributed by atoms with van der Waals surface area (Å²) in [6, 6.07) is 5.17. The molecular weight excluding hydrogens is 342 g/mol. The topological polar surface area (TPSA) is 79.5 Å². The van der Waals surface area contributed by atoms with Gasteiger partial charge in [-0.1, -0.05) is 40.7 Å². The third kappa shape index (κ3) is 3.64. The smallest absolute Gasteiger partial charge is 0.291 e. The lowest BCUT2D eigenvalue weighted by Gasteiger charge is -2.27. The van der Waals surface area contributed by atoms with E-state index in [4.69, 9.17) is 4.42 Å². The van der Waals surface area contributed by atoms with Crippen molar-refractivity contribution in [2.45, 2.75) is 59.8 Å². The third-order valence-corrected chi connectivity index (χ3v) is 5.09. The Morgan fingerprint density at radius 1 is 1.22 bits per heavy atom. The summed E-state index contributed by atoms with van der Waals surface area (Å²) in [6.45, 7) is 11.9. The highest BCUT2D eigenvalue weighted by Crippen LogP contribution is 2.39. The number of hydrogen-bond donors (Lipinski definition) is 2. The van der Waals surface area contributed by atoms with Crippen molar-refractivity contribution >= 4 is 17.4 Å². The molecule has 0 atom stereocenters. The fourth-order valence-corrected chi connectivity index (χ4v) is 3.58. The fraction of sp³-hybridized carbons (Fsp3) is 0.455. The molecule has 0 radical (unpaired) electrons. The van der Waals surface area contributed by atoms with Crippen molar-refractivity contribution in [3.8, 4) is 5.75 Å². The molecule has 0 spiro atoms. The van der Waals surface area contributed by atoms with Gasteiger partial charge in [0.2, 0.25) is 0 Å². The number of hydrogen-bond acceptors (Lipinski definition) is 4. The molecule has 1 heterocycles. The standard InChI is InChI=1S/C22H27NO4/c1-12-18-16(25)10-22(5,6)11-17(18)27-19(12)20(26)23-14-9-13(21(2,3)4)7-8-15(14)24/h7-9,24H,10-11H2,1-6H3,(H,23,26). The Labute approximate surface area is 159 Å². The van der Waals surface area contributed by atoms with E-state index in [2.05, 4.69) is 26.1 Å². The number of carbonyl (C=O) groups excluding carboxylic acids is 2. The molecule has 2 N–H and O–H groups in total. The van der Waals surface area contributed by atoms with Crippen LogP contribution < -0.4 is 5.32 Å². The van der Waals surface area contributed by atoms with E-state index in [-0.39, 0.29) is 28.1 Å². The molecule has 27 heavy (non-hydrogen) atoms. The Balaban J connectivity index is 1.94. The van der Waals surface area contributed by atoms with Crippen molar-refractivity contribution in [1.82, 2.24) is 0 Å². The van der Waals surface area contributed by atoms with Gasteiger partial charge in [-0.2, -0.15) is 0 Å². The van der Waals surface area contributed by atoms with Crippen LogP contribution in [0.2, 0.25) is 0 Å². The van der Waals surface area contributed by atoms with Crippen LogP contribution in [0.15, 0.2) is 22.6 Å². The van der Waals surface area contributed by atoms with Gasteiger partial charge in [-0.15, -0.1) is 0 Å². The summed E-state index contributed by atoms with van der Waals surface area (Å²) in [5, 5.41) is 12.9. The molecule has 5 heteroatoms. The van der Waals surface area contributed by atoms with Crippen molar-refractivity contribution < 1.29 is 19.1 Å². The first-order valence-corrected chi connectivity index (χ1v) is 9.19. The Bertz CT molecular complexity index is 929. The molecule has 1 aromatic carbocycles. The number of aromatic hydroxyl groups is 1. The van der Waals surface area contributed by atoms with E-state index in [1.165, 1.54) is 0 Å². The van der Waals surface area contributed by atoms with Crippen LogP contribution in [0, 0.1) is 12.3 Å². The van der Waals surface area contributed by atoms with Crippen LogP contribution in [0.1, 0.15) is 78.8 Å². The molecule has 1 aromatic heterocycles. The molecule has 2 aromatic rings. The van der Waals surface area contributed by atoms with E-state index in [0.717, 1.165) is 5.56 Å². The Morgan fingerprint density at radius 2 is 1.89 bits per heavy atom. The van der Waals surface area contributed by atoms with Crippen molar-refractivity contribution in [2.24, 2.45) is 5.41 Å². The average molecular weight is 369 g/mol. The Kier molecular flexibility index (Phi) is 4.45. The molecule has 0 bridgehead atoms. The highest BCUT2D eigenvalue weighted by Gasteiger charge is 2.37. The number of ketones is 1. The minimum absolute atomic E-state index is 0.0115. The summed E-state index contributed by atoms with van der Waals surface area (Å²) in [5.41, 5.74) is 2.11. The summed E-state index contributed by atoms with van der Waals surface area (Å²) >= 11 is 0. The van der Waals surface area contributed by atoms with Crippen LogP contribution in [0.4, 0.5) is 5.69 Å². The molecule has 3 rings (SSSR count). The number of Topliss-reactive ketones (excluding diaryl/α,β-unsaturated/α-hetero) is 1. The van der Waals surface area contributed by atoms with Gasteiger partial charge in [0.25, 0.3) is 5.91 Å². The van der Waals surface area contributed by atoms with Crippen LogP contribution >= 0.6 is 0 Å². The summed E-state index contributed by atoms with van der Waals surface area (Å²) < 4.78 is 5.80. The fourth-order valence-electron chi connectivity index (χ4n) is 3.58. The molecule has 0 saturated heterocycles. The Hall–Kier alpha value is -2.56. The van der Waals surface area contributed by atoms with E-state index >= 15 is 0 Å². The number of carbonyl (C=O) groups is 2. The molecule has 144 valence electrons. The lowest BCUT2D eigenvalue weighted by Crippen LogP contribution is -2.26. The highest BCUT2D eigenvalue weighted by molar-refractivity contribution is 6.08. The first kappa shape index (κ1) is 19.2. The van der Waals surface area contributed by atoms with E-state index < -0.39 is 5.91 Å². The predicted molar refractivity (Wildman–Crippen MR) is 105 cm³/mol. The normalized spacial score (nSPS) is 16.1. The van der Waals surface area contributed by atoms with Gasteiger partial charge in [0, 0.05) is 18.4 Å². The molecule has 0 unspecified atom stereocenters. The number of nitrogens with one attached hydrogen (secondary N) is 1. The maximum Gasteiger partial charge on any atom is 0.291 e. The van der Waals surface area contributed by atoms with E-state index in [1.807, 2.05) is 19.9 Å². The number of fused-ring (bicyclic) bond motifs is 1. The lowest BCUT2D eigenvalue weighted by molar-refractivity contribution is 0.0898. The number of phenolic OH excluding ortho intramolecular Hbond substituents is 1. The van der Waals surface area contributed by atoms with Gasteiger partial charge in [-0.3, -0.25) is 9.59 Å². The van der Waals surface area contributed by atoms with Crippen LogP contribution in [0.3, 0.4) is 0 Å². The zero-order chi connectivity index (χ0) is 20.1. The molecular formula is C22H27NO4. The molecule has 0 saturated carbocycles. The van der Waals surface area contributed by atoms with Gasteiger partial charge in [-0.05, 0) is 35.4 Å². The molecule has 5 nitrogen and oxygen atoms in total. The molecule has 1 aliphatic carbocycles. The van der Waals surface area contributed by atoms with Gasteiger partial charge in [-0.25, -0.2) is 0 Å². The molecule has 1 aliphatic rings. The zero-order valence-corrected chi connectivity index (χ0v) is 16.8. The van der Waals surface area contributed by atoms with Crippen LogP contribution in [0.5, 0.6) is 5.75 Å². The van der Waals surface area contributed by atoms with E-state index in [9.17, 15) is 14.7 Å². The van der Waals surface area contributed by atoms with Crippen LogP contribution in [-0.2, 0) is 11.8 Å². The summed E-state index contributed by atoms with van der Waals surface area (Å²) in [6.07, 6.45) is 1.06. The summed E-state index contributed by atoms with van der Waals surface area (Å²) in [7, 11) is 0. The van der Waals surface area contributed by atoms with Crippen molar-refractivity contribution in [3.05, 3.63) is 46.4 Å². The van der Waals surface area contributed by atoms with Crippen LogP contribution in [-0.4, -0.2) is 16.8 Å². The Morgan fingerprint density at radius 3 is 2.52 bits per heavy atom. The van der Waals surface area contributed by atoms with Gasteiger partial charge >= 0.3 is 0 Å². The van der Waals surface area contributed by atoms with Gasteiger partial charge in [0.15, 0.2) is 11.5 Å². The van der Waals surface area contributed by atoms with E-state index in [0.29, 0.717) is 35.4 Å². The number of anilines is 1. The highest BCUT2D eigenvalue weighted by atomic mass is 16.4. The second kappa shape index (κ2) is 6.25. The monoisotopic (exact) mass is 369 g/mol. The second-order valence-corrected chi connectivity index (χ2v) is 9.23. The molecule has 0 fully saturated rings. The average Bonchev–Trinajstić information content (AvgIpc) is 2.83. The van der Waals surface area contributed by atoms with Gasteiger partial charge in [0.05, 0.1) is 11.3 Å². The largest absolute Gasteiger partial charge is 0.506 e. The maximum atomic E-state index is 12.8. The third-order valence-electron chi connectivity index (χ3n) is 5.09. The molecule has 0 aliphatic heterocycles. The van der Waals surface area contributed by atoms with E-state index in [1.54, 1.807) is 19.1 Å². The minimum atomic E-state index is -0.464. The minimum Gasteiger partial charge on any atom is -0.506 e. The number of amides is 1. The number of rotatable bonds is 2. The number of phenols is 1. The predicted octanol–water partition coefficient (Wildman–Crippen LogP) is 5.00. The van der Waals surface area contributed by atoms with Gasteiger partial charge < -0.3 is 14.8 Å². The quantitative estimate of drug-likeness (QED) is 0.730. The summed E-state index contributed by atoms with van der Waals surface area (Å²) in [4.78, 5) is 25.3. The maximum absolute atomic E-state index is 12.8. The number of benzene rings is 1. The van der Waals surface area contributed by atoms with Crippen molar-refractivity contribution in [1.29, 1.82) is 0 Å². The zero-order valence-electron chi connectivity index (χ0n) is 16.8. The summed E-state index contributed by atoms with van der Waals surface area (Å²) in [5.74, 6) is 0.244. The second-order valence-electron chi connectivity index (χ2n) is 9.23. The number of furan rings is 1. The van der Waals surface area contributed by atoms with Crippen molar-refractivity contribution in [2.75, 3.05) is 5.32 Å². The lowest BCUT2D eigenvalue weighted by atomic mass is 9.76. The van der Waals surface area contributed by atoms with Crippen molar-refractivity contribution in [3.63, 3.8) is 0 Å². The first-order valence-electron chi connectivity index (χ1n) is 9.19. The SMILES string of the molecule is Cc1c(C(=O)Nc2cc(C(C)(C)C)ccc2O)oc2c1C(=O)CC(C)(C)C2. The van der Waals surface area contributed by atoms with Crippen LogP contribution in [0.25, 0.3) is 0 Å².